The highest BCUT2D eigenvalue weighted by atomic mass is 16.2. The van der Waals surface area contributed by atoms with Crippen molar-refractivity contribution >= 4 is 17.6 Å². The molecule has 2 heterocycles. The van der Waals surface area contributed by atoms with Crippen LogP contribution in [-0.4, -0.2) is 73.0 Å². The smallest absolute Gasteiger partial charge is 0.321 e. The van der Waals surface area contributed by atoms with Gasteiger partial charge in [0.15, 0.2) is 0 Å². The number of likely N-dealkylation sites (N-methyl/N-ethyl adjacent to an activating group) is 2. The number of benzene rings is 1. The van der Waals surface area contributed by atoms with E-state index in [0.29, 0.717) is 12.1 Å². The minimum Gasteiger partial charge on any atom is -0.349 e. The highest BCUT2D eigenvalue weighted by Gasteiger charge is 2.36. The molecule has 136 valence electrons. The van der Waals surface area contributed by atoms with Crippen LogP contribution in [0.5, 0.6) is 0 Å². The number of hydrogen-bond donors (Lipinski definition) is 1. The zero-order valence-corrected chi connectivity index (χ0v) is 15.4. The molecule has 2 aliphatic rings. The van der Waals surface area contributed by atoms with E-state index in [1.807, 2.05) is 29.2 Å². The van der Waals surface area contributed by atoms with Crippen molar-refractivity contribution in [1.82, 2.24) is 14.7 Å². The van der Waals surface area contributed by atoms with Gasteiger partial charge in [-0.1, -0.05) is 18.2 Å². The van der Waals surface area contributed by atoms with Crippen molar-refractivity contribution in [1.29, 1.82) is 0 Å². The molecule has 0 saturated carbocycles. The first-order chi connectivity index (χ1) is 12.0. The number of fused-ring (bicyclic) bond motifs is 2. The summed E-state index contributed by atoms with van der Waals surface area (Å²) in [5.74, 6) is 0.0235. The van der Waals surface area contributed by atoms with E-state index in [4.69, 9.17) is 0 Å². The average molecular weight is 344 g/mol. The van der Waals surface area contributed by atoms with Crippen LogP contribution < -0.4 is 5.32 Å². The third kappa shape index (κ3) is 3.95. The second-order valence-corrected chi connectivity index (χ2v) is 7.34. The molecule has 2 fully saturated rings. The molecule has 3 rings (SSSR count). The van der Waals surface area contributed by atoms with Crippen LogP contribution in [0.1, 0.15) is 24.8 Å². The number of amides is 3. The summed E-state index contributed by atoms with van der Waals surface area (Å²) in [5.41, 5.74) is 1.58. The molecular formula is C19H28N4O2. The molecule has 2 saturated heterocycles. The number of anilines is 1. The van der Waals surface area contributed by atoms with Crippen LogP contribution in [-0.2, 0) is 11.2 Å². The van der Waals surface area contributed by atoms with Crippen molar-refractivity contribution < 1.29 is 9.59 Å². The number of urea groups is 1. The molecule has 2 bridgehead atoms. The van der Waals surface area contributed by atoms with E-state index in [9.17, 15) is 9.59 Å². The molecule has 1 N–H and O–H groups in total. The minimum absolute atomic E-state index is 0.0235. The fraction of sp³-hybridized carbons (Fsp3) is 0.579. The molecule has 3 amide bonds. The van der Waals surface area contributed by atoms with Gasteiger partial charge in [-0.15, -0.1) is 0 Å². The zero-order chi connectivity index (χ0) is 18.0. The van der Waals surface area contributed by atoms with Crippen LogP contribution in [0, 0.1) is 0 Å². The lowest BCUT2D eigenvalue weighted by Crippen LogP contribution is -2.41. The SMILES string of the molecule is CN(C)C(=O)Cc1ccccc1NC(=O)N1CC[C@H]2CC[C@@H](C1)N2C. The molecule has 1 aromatic carbocycles. The molecule has 0 radical (unpaired) electrons. The van der Waals surface area contributed by atoms with Crippen LogP contribution in [0.25, 0.3) is 0 Å². The summed E-state index contributed by atoms with van der Waals surface area (Å²) in [6.45, 7) is 1.56. The van der Waals surface area contributed by atoms with Gasteiger partial charge in [0.25, 0.3) is 0 Å². The molecule has 2 aliphatic heterocycles. The third-order valence-electron chi connectivity index (χ3n) is 5.54. The lowest BCUT2D eigenvalue weighted by Gasteiger charge is -2.26. The zero-order valence-electron chi connectivity index (χ0n) is 15.4. The number of para-hydroxylation sites is 1. The van der Waals surface area contributed by atoms with Gasteiger partial charge in [0, 0.05) is 45.0 Å². The highest BCUT2D eigenvalue weighted by molar-refractivity contribution is 5.91. The summed E-state index contributed by atoms with van der Waals surface area (Å²) in [7, 11) is 5.66. The van der Waals surface area contributed by atoms with Crippen LogP contribution in [0.15, 0.2) is 24.3 Å². The summed E-state index contributed by atoms with van der Waals surface area (Å²) < 4.78 is 0. The van der Waals surface area contributed by atoms with E-state index in [2.05, 4.69) is 17.3 Å². The summed E-state index contributed by atoms with van der Waals surface area (Å²) in [6, 6.07) is 8.55. The van der Waals surface area contributed by atoms with Crippen molar-refractivity contribution in [2.75, 3.05) is 39.5 Å². The topological polar surface area (TPSA) is 55.9 Å². The number of rotatable bonds is 3. The average Bonchev–Trinajstić information content (AvgIpc) is 2.81. The monoisotopic (exact) mass is 344 g/mol. The second kappa shape index (κ2) is 7.44. The fourth-order valence-corrected chi connectivity index (χ4v) is 3.80. The van der Waals surface area contributed by atoms with Gasteiger partial charge in [0.05, 0.1) is 6.42 Å². The Morgan fingerprint density at radius 2 is 1.88 bits per heavy atom. The predicted molar refractivity (Wildman–Crippen MR) is 98.6 cm³/mol. The van der Waals surface area contributed by atoms with Crippen molar-refractivity contribution in [2.24, 2.45) is 0 Å². The van der Waals surface area contributed by atoms with Crippen LogP contribution in [0.2, 0.25) is 0 Å². The van der Waals surface area contributed by atoms with Gasteiger partial charge in [-0.05, 0) is 37.9 Å². The minimum atomic E-state index is -0.0642. The lowest BCUT2D eigenvalue weighted by molar-refractivity contribution is -0.127. The van der Waals surface area contributed by atoms with E-state index in [0.717, 1.165) is 30.8 Å². The Morgan fingerprint density at radius 3 is 2.64 bits per heavy atom. The number of hydrogen-bond acceptors (Lipinski definition) is 3. The van der Waals surface area contributed by atoms with Gasteiger partial charge in [-0.25, -0.2) is 4.79 Å². The molecule has 0 unspecified atom stereocenters. The Labute approximate surface area is 149 Å². The fourth-order valence-electron chi connectivity index (χ4n) is 3.80. The van der Waals surface area contributed by atoms with E-state index in [1.54, 1.807) is 19.0 Å². The van der Waals surface area contributed by atoms with Crippen molar-refractivity contribution in [3.05, 3.63) is 29.8 Å². The van der Waals surface area contributed by atoms with Crippen LogP contribution in [0.3, 0.4) is 0 Å². The molecule has 1 aromatic rings. The first kappa shape index (κ1) is 17.7. The van der Waals surface area contributed by atoms with Gasteiger partial charge < -0.3 is 15.1 Å². The largest absolute Gasteiger partial charge is 0.349 e. The highest BCUT2D eigenvalue weighted by Crippen LogP contribution is 2.28. The Balaban J connectivity index is 1.68. The van der Waals surface area contributed by atoms with E-state index < -0.39 is 0 Å². The summed E-state index contributed by atoms with van der Waals surface area (Å²) in [6.07, 6.45) is 3.73. The van der Waals surface area contributed by atoms with Gasteiger partial charge >= 0.3 is 6.03 Å². The summed E-state index contributed by atoms with van der Waals surface area (Å²) >= 11 is 0. The maximum absolute atomic E-state index is 12.8. The molecule has 25 heavy (non-hydrogen) atoms. The maximum Gasteiger partial charge on any atom is 0.321 e. The number of likely N-dealkylation sites (tertiary alicyclic amines) is 1. The summed E-state index contributed by atoms with van der Waals surface area (Å²) in [5, 5.41) is 3.02. The maximum atomic E-state index is 12.8. The molecule has 0 aromatic heterocycles. The molecular weight excluding hydrogens is 316 g/mol. The van der Waals surface area contributed by atoms with Crippen molar-refractivity contribution in [2.45, 2.75) is 37.8 Å². The van der Waals surface area contributed by atoms with Gasteiger partial charge in [-0.3, -0.25) is 9.69 Å². The Morgan fingerprint density at radius 1 is 1.16 bits per heavy atom. The normalized spacial score (nSPS) is 23.2. The predicted octanol–water partition coefficient (Wildman–Crippen LogP) is 2.02. The van der Waals surface area contributed by atoms with E-state index in [1.165, 1.54) is 12.8 Å². The lowest BCUT2D eigenvalue weighted by atomic mass is 10.1. The Hall–Kier alpha value is -2.08. The van der Waals surface area contributed by atoms with E-state index >= 15 is 0 Å². The molecule has 6 heteroatoms. The molecule has 2 atom stereocenters. The van der Waals surface area contributed by atoms with Gasteiger partial charge in [0.2, 0.25) is 5.91 Å². The third-order valence-corrected chi connectivity index (χ3v) is 5.54. The van der Waals surface area contributed by atoms with Gasteiger partial charge in [0.1, 0.15) is 0 Å². The van der Waals surface area contributed by atoms with Crippen LogP contribution in [0.4, 0.5) is 10.5 Å². The van der Waals surface area contributed by atoms with Crippen LogP contribution >= 0.6 is 0 Å². The second-order valence-electron chi connectivity index (χ2n) is 7.34. The van der Waals surface area contributed by atoms with Gasteiger partial charge in [-0.2, -0.15) is 0 Å². The Bertz CT molecular complexity index is 646. The molecule has 0 spiro atoms. The standard InChI is InChI=1S/C19H28N4O2/c1-21(2)18(24)12-14-6-4-5-7-17(14)20-19(25)23-11-10-15-8-9-16(13-23)22(15)3/h4-7,15-16H,8-13H2,1-3H3,(H,20,25)/t15-,16+/m1/s1. The molecule has 0 aliphatic carbocycles. The van der Waals surface area contributed by atoms with E-state index in [-0.39, 0.29) is 18.4 Å². The number of carbonyl (C=O) groups excluding carboxylic acids is 2. The number of nitrogens with one attached hydrogen (secondary N) is 1. The molecule has 6 nitrogen and oxygen atoms in total. The quantitative estimate of drug-likeness (QED) is 0.913. The van der Waals surface area contributed by atoms with Crippen molar-refractivity contribution in [3.8, 4) is 0 Å². The first-order valence-corrected chi connectivity index (χ1v) is 9.01. The van der Waals surface area contributed by atoms with Crippen molar-refractivity contribution in [3.63, 3.8) is 0 Å². The Kier molecular flexibility index (Phi) is 5.27. The summed E-state index contributed by atoms with van der Waals surface area (Å²) in [4.78, 5) is 30.7. The number of carbonyl (C=O) groups is 2. The first-order valence-electron chi connectivity index (χ1n) is 9.01. The number of nitrogens with zero attached hydrogens (tertiary/aromatic N) is 3.